The summed E-state index contributed by atoms with van der Waals surface area (Å²) >= 11 is 0. The summed E-state index contributed by atoms with van der Waals surface area (Å²) in [4.78, 5) is 16.2. The second kappa shape index (κ2) is 6.32. The number of carbonyl (C=O) groups excluding carboxylic acids is 2. The zero-order chi connectivity index (χ0) is 11.8. The molecule has 0 atom stereocenters. The van der Waals surface area contributed by atoms with Crippen LogP contribution in [0.5, 0.6) is 0 Å². The van der Waals surface area contributed by atoms with E-state index in [4.69, 9.17) is 9.59 Å². The Hall–Kier alpha value is -1.16. The van der Waals surface area contributed by atoms with Crippen LogP contribution in [0.3, 0.4) is 0 Å². The molecule has 0 unspecified atom stereocenters. The van der Waals surface area contributed by atoms with Gasteiger partial charge >= 0.3 is 18.0 Å². The lowest BCUT2D eigenvalue weighted by Gasteiger charge is -2.19. The first kappa shape index (κ1) is 15.3. The van der Waals surface area contributed by atoms with Gasteiger partial charge in [0.1, 0.15) is 0 Å². The summed E-state index contributed by atoms with van der Waals surface area (Å²) in [7, 11) is 0. The van der Waals surface area contributed by atoms with Crippen LogP contribution in [-0.4, -0.2) is 18.0 Å². The van der Waals surface area contributed by atoms with Crippen LogP contribution in [0.25, 0.3) is 0 Å². The number of allylic oxidation sites excluding steroid dienone is 2. The number of alkyl halides is 4. The fourth-order valence-corrected chi connectivity index (χ4v) is 0.412. The molecule has 82 valence electrons. The van der Waals surface area contributed by atoms with Crippen LogP contribution in [0.4, 0.5) is 17.6 Å². The van der Waals surface area contributed by atoms with Crippen molar-refractivity contribution in [3.8, 4) is 0 Å². The molecule has 0 radical (unpaired) electrons. The van der Waals surface area contributed by atoms with Crippen molar-refractivity contribution in [2.24, 2.45) is 0 Å². The van der Waals surface area contributed by atoms with E-state index >= 15 is 0 Å². The quantitative estimate of drug-likeness (QED) is 0.534. The van der Waals surface area contributed by atoms with Gasteiger partial charge in [-0.2, -0.15) is 27.2 Å². The molecule has 0 aliphatic heterocycles. The minimum absolute atomic E-state index is 0.201. The maximum absolute atomic E-state index is 12.3. The van der Waals surface area contributed by atoms with Crippen LogP contribution >= 0.6 is 0 Å². The molecular formula is C8H10F4O2. The first-order valence-corrected chi connectivity index (χ1v) is 3.65. The Balaban J connectivity index is 0. The van der Waals surface area contributed by atoms with Crippen LogP contribution in [0.15, 0.2) is 12.2 Å². The monoisotopic (exact) mass is 214 g/mol. The molecule has 0 spiro atoms. The smallest absolute Gasteiger partial charge is 0.200 e. The molecule has 0 aromatic heterocycles. The largest absolute Gasteiger partial charge is 0.373 e. The minimum atomic E-state index is -4.02. The first-order chi connectivity index (χ1) is 6.22. The van der Waals surface area contributed by atoms with Crippen molar-refractivity contribution in [3.05, 3.63) is 12.2 Å². The molecule has 0 aromatic rings. The SMILES string of the molecule is CC/C=C\C(F)(F)C(C)(F)F.O=C=O. The van der Waals surface area contributed by atoms with Crippen molar-refractivity contribution >= 4 is 6.15 Å². The number of halogens is 4. The molecule has 6 heteroatoms. The second-order valence-corrected chi connectivity index (χ2v) is 2.41. The Morgan fingerprint density at radius 3 is 1.79 bits per heavy atom. The molecule has 0 fully saturated rings. The Morgan fingerprint density at radius 2 is 1.57 bits per heavy atom. The molecular weight excluding hydrogens is 204 g/mol. The molecule has 0 amide bonds. The van der Waals surface area contributed by atoms with E-state index < -0.39 is 11.8 Å². The summed E-state index contributed by atoms with van der Waals surface area (Å²) in [6, 6.07) is 0. The number of rotatable bonds is 3. The maximum atomic E-state index is 12.3. The highest BCUT2D eigenvalue weighted by atomic mass is 19.3. The molecule has 0 bridgehead atoms. The maximum Gasteiger partial charge on any atom is 0.373 e. The van der Waals surface area contributed by atoms with Gasteiger partial charge in [-0.1, -0.05) is 13.0 Å². The molecule has 0 saturated carbocycles. The summed E-state index contributed by atoms with van der Waals surface area (Å²) in [5.74, 6) is -8.00. The fourth-order valence-electron chi connectivity index (χ4n) is 0.412. The van der Waals surface area contributed by atoms with Crippen molar-refractivity contribution in [1.29, 1.82) is 0 Å². The van der Waals surface area contributed by atoms with Gasteiger partial charge in [0, 0.05) is 6.92 Å². The van der Waals surface area contributed by atoms with Gasteiger partial charge in [-0.3, -0.25) is 0 Å². The van der Waals surface area contributed by atoms with E-state index in [1.807, 2.05) is 0 Å². The van der Waals surface area contributed by atoms with Crippen LogP contribution < -0.4 is 0 Å². The Bertz CT molecular complexity index is 212. The van der Waals surface area contributed by atoms with Crippen LogP contribution in [0, 0.1) is 0 Å². The van der Waals surface area contributed by atoms with Gasteiger partial charge in [0.15, 0.2) is 0 Å². The topological polar surface area (TPSA) is 34.1 Å². The zero-order valence-corrected chi connectivity index (χ0v) is 7.69. The van der Waals surface area contributed by atoms with Crippen LogP contribution in [0.1, 0.15) is 20.3 Å². The third-order valence-corrected chi connectivity index (χ3v) is 1.15. The molecule has 0 aliphatic carbocycles. The highest BCUT2D eigenvalue weighted by Gasteiger charge is 2.49. The summed E-state index contributed by atoms with van der Waals surface area (Å²) in [6.45, 7) is 1.80. The van der Waals surface area contributed by atoms with E-state index in [1.54, 1.807) is 6.92 Å². The van der Waals surface area contributed by atoms with Crippen molar-refractivity contribution in [2.75, 3.05) is 0 Å². The molecule has 0 saturated heterocycles. The van der Waals surface area contributed by atoms with Crippen LogP contribution in [0.2, 0.25) is 0 Å². The number of hydrogen-bond acceptors (Lipinski definition) is 2. The average Bonchev–Trinajstić information content (AvgIpc) is 2.00. The van der Waals surface area contributed by atoms with E-state index in [0.717, 1.165) is 6.08 Å². The fraction of sp³-hybridized carbons (Fsp3) is 0.625. The molecule has 0 aromatic carbocycles. The molecule has 0 heterocycles. The van der Waals surface area contributed by atoms with Gasteiger partial charge in [0.05, 0.1) is 0 Å². The third kappa shape index (κ3) is 6.37. The van der Waals surface area contributed by atoms with E-state index in [-0.39, 0.29) is 19.2 Å². The van der Waals surface area contributed by atoms with E-state index in [1.165, 1.54) is 0 Å². The van der Waals surface area contributed by atoms with Gasteiger partial charge in [0.25, 0.3) is 0 Å². The third-order valence-electron chi connectivity index (χ3n) is 1.15. The first-order valence-electron chi connectivity index (χ1n) is 3.65. The lowest BCUT2D eigenvalue weighted by atomic mass is 10.2. The molecule has 0 rings (SSSR count). The van der Waals surface area contributed by atoms with E-state index in [2.05, 4.69) is 0 Å². The standard InChI is InChI=1S/C7H10F4.CO2/c1-3-4-5-7(10,11)6(2,8)9;2-1-3/h4-5H,3H2,1-2H3;/b5-4-;. The Kier molecular flexibility index (Phi) is 6.91. The lowest BCUT2D eigenvalue weighted by Crippen LogP contribution is -2.35. The van der Waals surface area contributed by atoms with Gasteiger partial charge in [-0.25, -0.2) is 0 Å². The number of hydrogen-bond donors (Lipinski definition) is 0. The Morgan fingerprint density at radius 1 is 1.21 bits per heavy atom. The average molecular weight is 214 g/mol. The second-order valence-electron chi connectivity index (χ2n) is 2.41. The van der Waals surface area contributed by atoms with Crippen molar-refractivity contribution < 1.29 is 27.2 Å². The summed E-state index contributed by atoms with van der Waals surface area (Å²) < 4.78 is 48.6. The van der Waals surface area contributed by atoms with Crippen molar-refractivity contribution in [2.45, 2.75) is 32.1 Å². The molecule has 2 nitrogen and oxygen atoms in total. The molecule has 14 heavy (non-hydrogen) atoms. The van der Waals surface area contributed by atoms with Gasteiger partial charge in [-0.15, -0.1) is 0 Å². The lowest BCUT2D eigenvalue weighted by molar-refractivity contribution is -0.191. The van der Waals surface area contributed by atoms with Gasteiger partial charge in [0.2, 0.25) is 0 Å². The highest BCUT2D eigenvalue weighted by molar-refractivity contribution is 5.20. The summed E-state index contributed by atoms with van der Waals surface area (Å²) in [5, 5.41) is 0. The highest BCUT2D eigenvalue weighted by Crippen LogP contribution is 2.34. The van der Waals surface area contributed by atoms with Gasteiger partial charge in [-0.05, 0) is 12.5 Å². The van der Waals surface area contributed by atoms with Crippen LogP contribution in [-0.2, 0) is 9.59 Å². The van der Waals surface area contributed by atoms with E-state index in [9.17, 15) is 17.6 Å². The molecule has 0 N–H and O–H groups in total. The zero-order valence-electron chi connectivity index (χ0n) is 7.69. The van der Waals surface area contributed by atoms with Crippen molar-refractivity contribution in [1.82, 2.24) is 0 Å². The van der Waals surface area contributed by atoms with E-state index in [0.29, 0.717) is 6.42 Å². The minimum Gasteiger partial charge on any atom is -0.200 e. The predicted octanol–water partition coefficient (Wildman–Crippen LogP) is 2.66. The van der Waals surface area contributed by atoms with Gasteiger partial charge < -0.3 is 0 Å². The Labute approximate surface area is 78.6 Å². The molecule has 0 aliphatic rings. The normalized spacial score (nSPS) is 11.9. The summed E-state index contributed by atoms with van der Waals surface area (Å²) in [5.41, 5.74) is 0. The summed E-state index contributed by atoms with van der Waals surface area (Å²) in [6.07, 6.45) is 1.84. The predicted molar refractivity (Wildman–Crippen MR) is 40.0 cm³/mol. The van der Waals surface area contributed by atoms with Crippen molar-refractivity contribution in [3.63, 3.8) is 0 Å².